The molecule has 0 spiro atoms. The summed E-state index contributed by atoms with van der Waals surface area (Å²) >= 11 is 1.34. The second-order valence-electron chi connectivity index (χ2n) is 7.09. The lowest BCUT2D eigenvalue weighted by Crippen LogP contribution is -2.38. The third-order valence-electron chi connectivity index (χ3n) is 5.13. The van der Waals surface area contributed by atoms with Crippen LogP contribution in [0.15, 0.2) is 51.1 Å². The van der Waals surface area contributed by atoms with Gasteiger partial charge in [0.25, 0.3) is 5.56 Å². The minimum Gasteiger partial charge on any atom is -0.382 e. The van der Waals surface area contributed by atoms with Crippen LogP contribution in [0.5, 0.6) is 0 Å². The van der Waals surface area contributed by atoms with Crippen molar-refractivity contribution in [1.29, 1.82) is 0 Å². The Kier molecular flexibility index (Phi) is 4.78. The molecule has 2 N–H and O–H groups in total. The van der Waals surface area contributed by atoms with Gasteiger partial charge in [-0.15, -0.1) is 0 Å². The average molecular weight is 382 g/mol. The Morgan fingerprint density at radius 1 is 1.19 bits per heavy atom. The van der Waals surface area contributed by atoms with Crippen LogP contribution in [0.4, 0.5) is 11.8 Å². The van der Waals surface area contributed by atoms with E-state index in [4.69, 9.17) is 5.73 Å². The van der Waals surface area contributed by atoms with E-state index in [0.717, 1.165) is 41.7 Å². The van der Waals surface area contributed by atoms with Crippen LogP contribution in [0.25, 0.3) is 10.9 Å². The Labute approximate surface area is 162 Å². The summed E-state index contributed by atoms with van der Waals surface area (Å²) in [6.45, 7) is 4.07. The van der Waals surface area contributed by atoms with Gasteiger partial charge in [0.1, 0.15) is 10.7 Å². The summed E-state index contributed by atoms with van der Waals surface area (Å²) in [6, 6.07) is 9.83. The zero-order chi connectivity index (χ0) is 19.0. The van der Waals surface area contributed by atoms with Crippen LogP contribution in [0, 0.1) is 5.92 Å². The number of rotatable bonds is 3. The Morgan fingerprint density at radius 2 is 1.93 bits per heavy atom. The molecule has 1 aliphatic heterocycles. The first kappa shape index (κ1) is 17.9. The van der Waals surface area contributed by atoms with Crippen molar-refractivity contribution < 1.29 is 0 Å². The molecule has 27 heavy (non-hydrogen) atoms. The standard InChI is InChI=1S/C20H23N5OS/c1-13-8-11-25(12-9-13)20-23-18(21)17(19(26)24(20)2)27-15-7-3-5-14-6-4-10-22-16(14)15/h3-7,10,13H,8-9,11-12,21H2,1-2H3. The highest BCUT2D eigenvalue weighted by Gasteiger charge is 2.22. The number of nitrogens with two attached hydrogens (primary N) is 1. The number of anilines is 2. The van der Waals surface area contributed by atoms with Crippen molar-refractivity contribution in [3.63, 3.8) is 0 Å². The van der Waals surface area contributed by atoms with Crippen molar-refractivity contribution in [3.05, 3.63) is 46.9 Å². The zero-order valence-electron chi connectivity index (χ0n) is 15.6. The van der Waals surface area contributed by atoms with E-state index < -0.39 is 0 Å². The number of nitrogen functional groups attached to an aromatic ring is 1. The number of benzene rings is 1. The van der Waals surface area contributed by atoms with Gasteiger partial charge in [-0.1, -0.05) is 36.9 Å². The van der Waals surface area contributed by atoms with E-state index >= 15 is 0 Å². The van der Waals surface area contributed by atoms with E-state index in [1.165, 1.54) is 11.8 Å². The fraction of sp³-hybridized carbons (Fsp3) is 0.350. The third kappa shape index (κ3) is 3.39. The minimum absolute atomic E-state index is 0.117. The molecule has 2 aromatic heterocycles. The maximum absolute atomic E-state index is 13.0. The van der Waals surface area contributed by atoms with Gasteiger partial charge in [0.05, 0.1) is 5.52 Å². The summed E-state index contributed by atoms with van der Waals surface area (Å²) in [5, 5.41) is 1.03. The molecule has 3 aromatic rings. The van der Waals surface area contributed by atoms with Gasteiger partial charge in [-0.2, -0.15) is 4.98 Å². The van der Waals surface area contributed by atoms with E-state index in [2.05, 4.69) is 21.8 Å². The van der Waals surface area contributed by atoms with Crippen molar-refractivity contribution in [2.45, 2.75) is 29.6 Å². The lowest BCUT2D eigenvalue weighted by atomic mass is 10.00. The molecule has 0 saturated carbocycles. The number of fused-ring (bicyclic) bond motifs is 1. The van der Waals surface area contributed by atoms with E-state index in [-0.39, 0.29) is 11.4 Å². The summed E-state index contributed by atoms with van der Waals surface area (Å²) in [5.74, 6) is 1.65. The largest absolute Gasteiger partial charge is 0.382 e. The van der Waals surface area contributed by atoms with Crippen LogP contribution in [-0.4, -0.2) is 27.6 Å². The number of hydrogen-bond donors (Lipinski definition) is 1. The van der Waals surface area contributed by atoms with Crippen LogP contribution in [-0.2, 0) is 7.05 Å². The van der Waals surface area contributed by atoms with Gasteiger partial charge in [-0.3, -0.25) is 14.3 Å². The average Bonchev–Trinajstić information content (AvgIpc) is 2.69. The molecule has 1 saturated heterocycles. The Bertz CT molecular complexity index is 1030. The third-order valence-corrected chi connectivity index (χ3v) is 6.26. The summed E-state index contributed by atoms with van der Waals surface area (Å²) in [5.41, 5.74) is 6.97. The lowest BCUT2D eigenvalue weighted by Gasteiger charge is -2.32. The highest BCUT2D eigenvalue weighted by atomic mass is 32.2. The van der Waals surface area contributed by atoms with E-state index in [1.807, 2.05) is 30.3 Å². The molecule has 7 heteroatoms. The van der Waals surface area contributed by atoms with Crippen LogP contribution >= 0.6 is 11.8 Å². The van der Waals surface area contributed by atoms with E-state index in [0.29, 0.717) is 16.8 Å². The molecule has 0 unspecified atom stereocenters. The second kappa shape index (κ2) is 7.23. The molecule has 0 atom stereocenters. The molecule has 0 bridgehead atoms. The van der Waals surface area contributed by atoms with Crippen molar-refractivity contribution in [2.75, 3.05) is 23.7 Å². The summed E-state index contributed by atoms with van der Waals surface area (Å²) in [6.07, 6.45) is 3.97. The quantitative estimate of drug-likeness (QED) is 0.750. The molecular formula is C20H23N5OS. The summed E-state index contributed by atoms with van der Waals surface area (Å²) in [7, 11) is 1.77. The van der Waals surface area contributed by atoms with Gasteiger partial charge in [0, 0.05) is 36.6 Å². The first-order valence-corrected chi connectivity index (χ1v) is 9.99. The Balaban J connectivity index is 1.72. The smallest absolute Gasteiger partial charge is 0.270 e. The Morgan fingerprint density at radius 3 is 2.70 bits per heavy atom. The minimum atomic E-state index is -0.117. The van der Waals surface area contributed by atoms with Crippen molar-refractivity contribution in [3.8, 4) is 0 Å². The fourth-order valence-electron chi connectivity index (χ4n) is 3.44. The van der Waals surface area contributed by atoms with Crippen LogP contribution < -0.4 is 16.2 Å². The normalized spacial score (nSPS) is 15.4. The van der Waals surface area contributed by atoms with E-state index in [1.54, 1.807) is 17.8 Å². The summed E-state index contributed by atoms with van der Waals surface area (Å²) in [4.78, 5) is 25.6. The molecular weight excluding hydrogens is 358 g/mol. The predicted octanol–water partition coefficient (Wildman–Crippen LogP) is 3.30. The molecule has 0 radical (unpaired) electrons. The Hall–Kier alpha value is -2.54. The van der Waals surface area contributed by atoms with Crippen LogP contribution in [0.1, 0.15) is 19.8 Å². The number of nitrogens with zero attached hydrogens (tertiary/aromatic N) is 4. The second-order valence-corrected chi connectivity index (χ2v) is 8.15. The highest BCUT2D eigenvalue weighted by Crippen LogP contribution is 2.33. The number of para-hydroxylation sites is 1. The number of hydrogen-bond acceptors (Lipinski definition) is 6. The molecule has 0 amide bonds. The molecule has 4 rings (SSSR count). The monoisotopic (exact) mass is 381 g/mol. The number of aromatic nitrogens is 3. The lowest BCUT2D eigenvalue weighted by molar-refractivity contribution is 0.430. The van der Waals surface area contributed by atoms with Gasteiger partial charge in [0.2, 0.25) is 5.95 Å². The first-order valence-electron chi connectivity index (χ1n) is 9.17. The first-order chi connectivity index (χ1) is 13.0. The molecule has 6 nitrogen and oxygen atoms in total. The van der Waals surface area contributed by atoms with Gasteiger partial charge in [-0.05, 0) is 30.9 Å². The fourth-order valence-corrected chi connectivity index (χ4v) is 4.45. The zero-order valence-corrected chi connectivity index (χ0v) is 16.4. The molecule has 140 valence electrons. The topological polar surface area (TPSA) is 77.0 Å². The maximum Gasteiger partial charge on any atom is 0.270 e. The van der Waals surface area contributed by atoms with Crippen molar-refractivity contribution in [1.82, 2.24) is 14.5 Å². The van der Waals surface area contributed by atoms with Gasteiger partial charge >= 0.3 is 0 Å². The maximum atomic E-state index is 13.0. The van der Waals surface area contributed by atoms with E-state index in [9.17, 15) is 4.79 Å². The van der Waals surface area contributed by atoms with Crippen LogP contribution in [0.2, 0.25) is 0 Å². The number of piperidine rings is 1. The SMILES string of the molecule is CC1CCN(c2nc(N)c(Sc3cccc4cccnc34)c(=O)n2C)CC1. The van der Waals surface area contributed by atoms with Gasteiger partial charge < -0.3 is 10.6 Å². The molecule has 0 aliphatic carbocycles. The molecule has 1 fully saturated rings. The van der Waals surface area contributed by atoms with Crippen LogP contribution in [0.3, 0.4) is 0 Å². The summed E-state index contributed by atoms with van der Waals surface area (Å²) < 4.78 is 1.62. The highest BCUT2D eigenvalue weighted by molar-refractivity contribution is 7.99. The predicted molar refractivity (Wildman–Crippen MR) is 110 cm³/mol. The molecule has 1 aliphatic rings. The van der Waals surface area contributed by atoms with Gasteiger partial charge in [-0.25, -0.2) is 0 Å². The van der Waals surface area contributed by atoms with Crippen molar-refractivity contribution in [2.24, 2.45) is 13.0 Å². The molecule has 3 heterocycles. The molecule has 1 aromatic carbocycles. The number of pyridine rings is 1. The van der Waals surface area contributed by atoms with Gasteiger partial charge in [0.15, 0.2) is 0 Å². The van der Waals surface area contributed by atoms with Crippen molar-refractivity contribution >= 4 is 34.4 Å².